The van der Waals surface area contributed by atoms with Crippen LogP contribution >= 0.6 is 11.3 Å². The fourth-order valence-electron chi connectivity index (χ4n) is 2.15. The van der Waals surface area contributed by atoms with Crippen molar-refractivity contribution in [3.05, 3.63) is 34.7 Å². The summed E-state index contributed by atoms with van der Waals surface area (Å²) in [5.41, 5.74) is 8.20. The van der Waals surface area contributed by atoms with Gasteiger partial charge >= 0.3 is 0 Å². The second-order valence-corrected chi connectivity index (χ2v) is 5.83. The van der Waals surface area contributed by atoms with Crippen molar-refractivity contribution >= 4 is 27.4 Å². The molecule has 102 valence electrons. The third-order valence-corrected chi connectivity index (χ3v) is 4.51. The lowest BCUT2D eigenvalue weighted by atomic mass is 10.2. The van der Waals surface area contributed by atoms with Crippen molar-refractivity contribution in [1.82, 2.24) is 9.97 Å². The number of benzene rings is 1. The van der Waals surface area contributed by atoms with Crippen LogP contribution in [0.4, 0.5) is 5.82 Å². The van der Waals surface area contributed by atoms with Gasteiger partial charge in [-0.3, -0.25) is 0 Å². The molecule has 3 aromatic rings. The maximum atomic E-state index is 6.10. The number of nitrogens with two attached hydrogens (primary N) is 1. The van der Waals surface area contributed by atoms with E-state index in [0.29, 0.717) is 11.6 Å². The van der Waals surface area contributed by atoms with Crippen molar-refractivity contribution in [3.63, 3.8) is 0 Å². The van der Waals surface area contributed by atoms with Crippen LogP contribution < -0.4 is 10.5 Å². The quantitative estimate of drug-likeness (QED) is 0.782. The van der Waals surface area contributed by atoms with Crippen molar-refractivity contribution in [2.45, 2.75) is 13.8 Å². The molecule has 4 nitrogen and oxygen atoms in total. The highest BCUT2D eigenvalue weighted by Crippen LogP contribution is 2.33. The Labute approximate surface area is 121 Å². The smallest absolute Gasteiger partial charge is 0.163 e. The molecular weight excluding hydrogens is 270 g/mol. The van der Waals surface area contributed by atoms with Crippen molar-refractivity contribution in [2.75, 3.05) is 12.8 Å². The van der Waals surface area contributed by atoms with Crippen molar-refractivity contribution in [3.8, 4) is 17.1 Å². The summed E-state index contributed by atoms with van der Waals surface area (Å²) < 4.78 is 5.15. The Morgan fingerprint density at radius 3 is 2.45 bits per heavy atom. The fraction of sp³-hybridized carbons (Fsp3) is 0.200. The van der Waals surface area contributed by atoms with Crippen LogP contribution in [-0.4, -0.2) is 17.1 Å². The molecule has 0 amide bonds. The maximum Gasteiger partial charge on any atom is 0.163 e. The van der Waals surface area contributed by atoms with E-state index < -0.39 is 0 Å². The zero-order valence-corrected chi connectivity index (χ0v) is 12.4. The average molecular weight is 285 g/mol. The number of nitrogens with zero attached hydrogens (tertiary/aromatic N) is 2. The number of nitrogen functional groups attached to an aromatic ring is 1. The molecule has 1 aromatic carbocycles. The number of aromatic nitrogens is 2. The molecule has 0 bridgehead atoms. The standard InChI is InChI=1S/C15H15N3OS/c1-8-9(2)20-15-12(8)13(16)17-14(18-15)10-4-6-11(19-3)7-5-10/h4-7H,1-3H3,(H2,16,17,18). The van der Waals surface area contributed by atoms with Crippen LogP contribution in [0.1, 0.15) is 10.4 Å². The van der Waals surface area contributed by atoms with E-state index in [9.17, 15) is 0 Å². The van der Waals surface area contributed by atoms with Gasteiger partial charge in [0.2, 0.25) is 0 Å². The van der Waals surface area contributed by atoms with Crippen molar-refractivity contribution in [2.24, 2.45) is 0 Å². The van der Waals surface area contributed by atoms with E-state index in [4.69, 9.17) is 10.5 Å². The average Bonchev–Trinajstić information content (AvgIpc) is 2.74. The maximum absolute atomic E-state index is 6.10. The molecule has 3 rings (SSSR count). The van der Waals surface area contributed by atoms with Crippen LogP contribution in [0.3, 0.4) is 0 Å². The summed E-state index contributed by atoms with van der Waals surface area (Å²) in [5.74, 6) is 2.01. The van der Waals surface area contributed by atoms with E-state index in [1.165, 1.54) is 10.4 Å². The summed E-state index contributed by atoms with van der Waals surface area (Å²) in [7, 11) is 1.65. The molecule has 0 unspecified atom stereocenters. The minimum atomic E-state index is 0.544. The molecule has 0 radical (unpaired) electrons. The van der Waals surface area contributed by atoms with Gasteiger partial charge in [-0.15, -0.1) is 11.3 Å². The highest BCUT2D eigenvalue weighted by molar-refractivity contribution is 7.18. The Balaban J connectivity index is 2.16. The summed E-state index contributed by atoms with van der Waals surface area (Å²) in [5, 5.41) is 0.977. The third kappa shape index (κ3) is 2.00. The van der Waals surface area contributed by atoms with Gasteiger partial charge in [-0.2, -0.15) is 0 Å². The molecule has 0 spiro atoms. The molecule has 0 atom stereocenters. The Kier molecular flexibility index (Phi) is 3.06. The molecule has 2 aromatic heterocycles. The molecule has 0 aliphatic heterocycles. The number of hydrogen-bond donors (Lipinski definition) is 1. The largest absolute Gasteiger partial charge is 0.497 e. The lowest BCUT2D eigenvalue weighted by Gasteiger charge is -2.04. The van der Waals surface area contributed by atoms with Crippen LogP contribution in [-0.2, 0) is 0 Å². The minimum Gasteiger partial charge on any atom is -0.497 e. The summed E-state index contributed by atoms with van der Waals surface area (Å²) in [6.07, 6.45) is 0. The minimum absolute atomic E-state index is 0.544. The van der Waals surface area contributed by atoms with E-state index in [1.807, 2.05) is 24.3 Å². The van der Waals surface area contributed by atoms with Gasteiger partial charge in [0.1, 0.15) is 16.4 Å². The van der Waals surface area contributed by atoms with E-state index in [2.05, 4.69) is 23.8 Å². The monoisotopic (exact) mass is 285 g/mol. The normalized spacial score (nSPS) is 10.9. The van der Waals surface area contributed by atoms with Crippen molar-refractivity contribution < 1.29 is 4.74 Å². The molecule has 5 heteroatoms. The lowest BCUT2D eigenvalue weighted by molar-refractivity contribution is 0.415. The number of ether oxygens (including phenoxy) is 1. The lowest BCUT2D eigenvalue weighted by Crippen LogP contribution is -1.97. The number of rotatable bonds is 2. The van der Waals surface area contributed by atoms with Gasteiger partial charge in [0, 0.05) is 10.4 Å². The van der Waals surface area contributed by atoms with Gasteiger partial charge in [0.15, 0.2) is 5.82 Å². The SMILES string of the molecule is COc1ccc(-c2nc(N)c3c(C)c(C)sc3n2)cc1. The van der Waals surface area contributed by atoms with Gasteiger partial charge in [0.05, 0.1) is 12.5 Å². The van der Waals surface area contributed by atoms with Gasteiger partial charge in [-0.1, -0.05) is 0 Å². The van der Waals surface area contributed by atoms with Crippen LogP contribution in [0.5, 0.6) is 5.75 Å². The Morgan fingerprint density at radius 1 is 1.10 bits per heavy atom. The van der Waals surface area contributed by atoms with E-state index in [0.717, 1.165) is 21.5 Å². The van der Waals surface area contributed by atoms with E-state index in [1.54, 1.807) is 18.4 Å². The first-order valence-corrected chi connectivity index (χ1v) is 7.09. The number of anilines is 1. The predicted octanol–water partition coefficient (Wildman–Crippen LogP) is 3.57. The van der Waals surface area contributed by atoms with Crippen LogP contribution in [0.15, 0.2) is 24.3 Å². The van der Waals surface area contributed by atoms with Crippen LogP contribution in [0.25, 0.3) is 21.6 Å². The van der Waals surface area contributed by atoms with E-state index >= 15 is 0 Å². The predicted molar refractivity (Wildman–Crippen MR) is 83.3 cm³/mol. The summed E-state index contributed by atoms with van der Waals surface area (Å²) in [6.45, 7) is 4.13. The number of methoxy groups -OCH3 is 1. The highest BCUT2D eigenvalue weighted by Gasteiger charge is 2.13. The van der Waals surface area contributed by atoms with Gasteiger partial charge < -0.3 is 10.5 Å². The molecule has 0 aliphatic carbocycles. The number of aryl methyl sites for hydroxylation is 2. The zero-order chi connectivity index (χ0) is 14.3. The van der Waals surface area contributed by atoms with Crippen LogP contribution in [0, 0.1) is 13.8 Å². The fourth-order valence-corrected chi connectivity index (χ4v) is 3.19. The second-order valence-electron chi connectivity index (χ2n) is 4.62. The topological polar surface area (TPSA) is 61.0 Å². The van der Waals surface area contributed by atoms with Gasteiger partial charge in [-0.25, -0.2) is 9.97 Å². The highest BCUT2D eigenvalue weighted by atomic mass is 32.1. The van der Waals surface area contributed by atoms with Gasteiger partial charge in [-0.05, 0) is 43.7 Å². The Morgan fingerprint density at radius 2 is 1.80 bits per heavy atom. The summed E-state index contributed by atoms with van der Waals surface area (Å²) in [6, 6.07) is 7.66. The third-order valence-electron chi connectivity index (χ3n) is 3.40. The Bertz CT molecular complexity index is 778. The molecular formula is C15H15N3OS. The molecule has 20 heavy (non-hydrogen) atoms. The number of fused-ring (bicyclic) bond motifs is 1. The first-order valence-electron chi connectivity index (χ1n) is 6.28. The first kappa shape index (κ1) is 12.9. The number of thiophene rings is 1. The van der Waals surface area contributed by atoms with Gasteiger partial charge in [0.25, 0.3) is 0 Å². The molecule has 0 saturated carbocycles. The molecule has 2 heterocycles. The molecule has 2 N–H and O–H groups in total. The molecule has 0 saturated heterocycles. The summed E-state index contributed by atoms with van der Waals surface area (Å²) in [4.78, 5) is 11.2. The van der Waals surface area contributed by atoms with E-state index in [-0.39, 0.29) is 0 Å². The zero-order valence-electron chi connectivity index (χ0n) is 11.6. The molecule has 0 aliphatic rings. The summed E-state index contributed by atoms with van der Waals surface area (Å²) >= 11 is 1.65. The first-order chi connectivity index (χ1) is 9.60. The number of hydrogen-bond acceptors (Lipinski definition) is 5. The Hall–Kier alpha value is -2.14. The second kappa shape index (κ2) is 4.76. The van der Waals surface area contributed by atoms with Crippen LogP contribution in [0.2, 0.25) is 0 Å². The van der Waals surface area contributed by atoms with Crippen molar-refractivity contribution in [1.29, 1.82) is 0 Å². The molecule has 0 fully saturated rings.